The van der Waals surface area contributed by atoms with Gasteiger partial charge in [-0.2, -0.15) is 0 Å². The SMILES string of the molecule is Cc1ccc2nc(C)c3ccccc3c2n1. The van der Waals surface area contributed by atoms with Crippen molar-refractivity contribution < 1.29 is 0 Å². The van der Waals surface area contributed by atoms with Crippen molar-refractivity contribution >= 4 is 21.8 Å². The molecular formula is C14H12N2. The summed E-state index contributed by atoms with van der Waals surface area (Å²) in [6, 6.07) is 12.3. The average Bonchev–Trinajstić information content (AvgIpc) is 2.31. The van der Waals surface area contributed by atoms with E-state index in [4.69, 9.17) is 0 Å². The van der Waals surface area contributed by atoms with Gasteiger partial charge in [-0.05, 0) is 26.0 Å². The van der Waals surface area contributed by atoms with E-state index in [0.29, 0.717) is 0 Å². The topological polar surface area (TPSA) is 25.8 Å². The Kier molecular flexibility index (Phi) is 1.90. The smallest absolute Gasteiger partial charge is 0.0968 e. The predicted octanol–water partition coefficient (Wildman–Crippen LogP) is 3.40. The van der Waals surface area contributed by atoms with Gasteiger partial charge in [-0.25, -0.2) is 0 Å². The number of aromatic nitrogens is 2. The predicted molar refractivity (Wildman–Crippen MR) is 66.5 cm³/mol. The molecule has 3 rings (SSSR count). The Morgan fingerprint density at radius 2 is 1.56 bits per heavy atom. The summed E-state index contributed by atoms with van der Waals surface area (Å²) >= 11 is 0. The zero-order valence-electron chi connectivity index (χ0n) is 9.36. The molecule has 0 saturated carbocycles. The normalized spacial score (nSPS) is 11.1. The number of rotatable bonds is 0. The Hall–Kier alpha value is -1.96. The van der Waals surface area contributed by atoms with Crippen LogP contribution in [0.4, 0.5) is 0 Å². The van der Waals surface area contributed by atoms with Crippen molar-refractivity contribution in [2.24, 2.45) is 0 Å². The second-order valence-electron chi connectivity index (χ2n) is 4.06. The maximum absolute atomic E-state index is 4.58. The van der Waals surface area contributed by atoms with Crippen LogP contribution in [-0.2, 0) is 0 Å². The molecule has 3 aromatic rings. The summed E-state index contributed by atoms with van der Waals surface area (Å²) < 4.78 is 0. The van der Waals surface area contributed by atoms with Crippen molar-refractivity contribution in [3.05, 3.63) is 47.8 Å². The van der Waals surface area contributed by atoms with E-state index in [1.807, 2.05) is 38.1 Å². The number of aryl methyl sites for hydroxylation is 2. The highest BCUT2D eigenvalue weighted by molar-refractivity contribution is 6.04. The van der Waals surface area contributed by atoms with Crippen LogP contribution in [-0.4, -0.2) is 9.97 Å². The molecule has 0 spiro atoms. The second kappa shape index (κ2) is 3.27. The fraction of sp³-hybridized carbons (Fsp3) is 0.143. The minimum absolute atomic E-state index is 0.974. The highest BCUT2D eigenvalue weighted by Crippen LogP contribution is 2.24. The fourth-order valence-electron chi connectivity index (χ4n) is 2.08. The first-order valence-corrected chi connectivity index (χ1v) is 5.38. The molecule has 78 valence electrons. The molecule has 2 heteroatoms. The lowest BCUT2D eigenvalue weighted by atomic mass is 10.1. The summed E-state index contributed by atoms with van der Waals surface area (Å²) in [5, 5.41) is 2.38. The molecule has 16 heavy (non-hydrogen) atoms. The minimum atomic E-state index is 0.974. The maximum Gasteiger partial charge on any atom is 0.0968 e. The molecular weight excluding hydrogens is 196 g/mol. The summed E-state index contributed by atoms with van der Waals surface area (Å²) in [7, 11) is 0. The van der Waals surface area contributed by atoms with Crippen molar-refractivity contribution in [1.82, 2.24) is 9.97 Å². The van der Waals surface area contributed by atoms with Crippen molar-refractivity contribution in [3.8, 4) is 0 Å². The van der Waals surface area contributed by atoms with Crippen LogP contribution in [0.3, 0.4) is 0 Å². The first kappa shape index (κ1) is 9.28. The molecule has 0 aliphatic rings. The van der Waals surface area contributed by atoms with E-state index in [0.717, 1.165) is 22.4 Å². The third kappa shape index (κ3) is 1.27. The van der Waals surface area contributed by atoms with Crippen molar-refractivity contribution in [2.45, 2.75) is 13.8 Å². The Bertz CT molecular complexity index is 687. The number of nitrogens with zero attached hydrogens (tertiary/aromatic N) is 2. The van der Waals surface area contributed by atoms with Gasteiger partial charge in [-0.1, -0.05) is 24.3 Å². The average molecular weight is 208 g/mol. The third-order valence-corrected chi connectivity index (χ3v) is 2.87. The summed E-state index contributed by atoms with van der Waals surface area (Å²) in [4.78, 5) is 9.16. The number of fused-ring (bicyclic) bond motifs is 3. The molecule has 0 aliphatic carbocycles. The van der Waals surface area contributed by atoms with Crippen molar-refractivity contribution in [3.63, 3.8) is 0 Å². The zero-order chi connectivity index (χ0) is 11.1. The highest BCUT2D eigenvalue weighted by Gasteiger charge is 2.05. The van der Waals surface area contributed by atoms with Crippen LogP contribution < -0.4 is 0 Å². The lowest BCUT2D eigenvalue weighted by molar-refractivity contribution is 1.22. The molecule has 0 aliphatic heterocycles. The van der Waals surface area contributed by atoms with Crippen LogP contribution in [0.25, 0.3) is 21.8 Å². The van der Waals surface area contributed by atoms with Crippen molar-refractivity contribution in [2.75, 3.05) is 0 Å². The van der Waals surface area contributed by atoms with E-state index in [9.17, 15) is 0 Å². The van der Waals surface area contributed by atoms with Gasteiger partial charge >= 0.3 is 0 Å². The Labute approximate surface area is 94.0 Å². The molecule has 0 amide bonds. The Morgan fingerprint density at radius 1 is 0.812 bits per heavy atom. The largest absolute Gasteiger partial charge is 0.251 e. The molecule has 1 aromatic carbocycles. The van der Waals surface area contributed by atoms with E-state index in [1.165, 1.54) is 10.8 Å². The zero-order valence-corrected chi connectivity index (χ0v) is 9.36. The molecule has 0 unspecified atom stereocenters. The summed E-state index contributed by atoms with van der Waals surface area (Å²) in [6.45, 7) is 4.05. The summed E-state index contributed by atoms with van der Waals surface area (Å²) in [5.41, 5.74) is 4.07. The van der Waals surface area contributed by atoms with Crippen LogP contribution >= 0.6 is 0 Å². The molecule has 0 radical (unpaired) electrons. The number of pyridine rings is 2. The third-order valence-electron chi connectivity index (χ3n) is 2.87. The van der Waals surface area contributed by atoms with E-state index < -0.39 is 0 Å². The monoisotopic (exact) mass is 208 g/mol. The first-order chi connectivity index (χ1) is 7.75. The quantitative estimate of drug-likeness (QED) is 0.529. The Balaban J connectivity index is 2.61. The highest BCUT2D eigenvalue weighted by atomic mass is 14.8. The van der Waals surface area contributed by atoms with Gasteiger partial charge in [0.05, 0.1) is 11.0 Å². The molecule has 0 atom stereocenters. The molecule has 2 nitrogen and oxygen atoms in total. The maximum atomic E-state index is 4.58. The second-order valence-corrected chi connectivity index (χ2v) is 4.06. The van der Waals surface area contributed by atoms with E-state index in [2.05, 4.69) is 22.1 Å². The lowest BCUT2D eigenvalue weighted by Crippen LogP contribution is -1.91. The van der Waals surface area contributed by atoms with E-state index in [1.54, 1.807) is 0 Å². The molecule has 0 bridgehead atoms. The number of hydrogen-bond donors (Lipinski definition) is 0. The first-order valence-electron chi connectivity index (χ1n) is 5.38. The standard InChI is InChI=1S/C14H12N2/c1-9-7-8-13-14(15-9)12-6-4-3-5-11(12)10(2)16-13/h3-8H,1-2H3. The van der Waals surface area contributed by atoms with Gasteiger partial charge in [0.25, 0.3) is 0 Å². The van der Waals surface area contributed by atoms with Gasteiger partial charge in [0.1, 0.15) is 0 Å². The van der Waals surface area contributed by atoms with E-state index in [-0.39, 0.29) is 0 Å². The number of benzene rings is 1. The molecule has 0 saturated heterocycles. The Morgan fingerprint density at radius 3 is 2.38 bits per heavy atom. The van der Waals surface area contributed by atoms with Gasteiger partial charge in [0.2, 0.25) is 0 Å². The van der Waals surface area contributed by atoms with Crippen LogP contribution in [0.1, 0.15) is 11.4 Å². The van der Waals surface area contributed by atoms with Crippen LogP contribution in [0, 0.1) is 13.8 Å². The molecule has 0 fully saturated rings. The van der Waals surface area contributed by atoms with Gasteiger partial charge < -0.3 is 0 Å². The minimum Gasteiger partial charge on any atom is -0.251 e. The van der Waals surface area contributed by atoms with Crippen molar-refractivity contribution in [1.29, 1.82) is 0 Å². The van der Waals surface area contributed by atoms with Gasteiger partial charge in [-0.3, -0.25) is 9.97 Å². The molecule has 0 N–H and O–H groups in total. The molecule has 2 aromatic heterocycles. The fourth-order valence-corrected chi connectivity index (χ4v) is 2.08. The lowest BCUT2D eigenvalue weighted by Gasteiger charge is -2.06. The van der Waals surface area contributed by atoms with E-state index >= 15 is 0 Å². The van der Waals surface area contributed by atoms with Gasteiger partial charge in [0.15, 0.2) is 0 Å². The summed E-state index contributed by atoms with van der Waals surface area (Å²) in [6.07, 6.45) is 0. The number of hydrogen-bond acceptors (Lipinski definition) is 2. The van der Waals surface area contributed by atoms with Crippen LogP contribution in [0.5, 0.6) is 0 Å². The van der Waals surface area contributed by atoms with Crippen LogP contribution in [0.15, 0.2) is 36.4 Å². The summed E-state index contributed by atoms with van der Waals surface area (Å²) in [5.74, 6) is 0. The van der Waals surface area contributed by atoms with Gasteiger partial charge in [0, 0.05) is 22.2 Å². The van der Waals surface area contributed by atoms with Gasteiger partial charge in [-0.15, -0.1) is 0 Å². The molecule has 2 heterocycles. The van der Waals surface area contributed by atoms with Crippen LogP contribution in [0.2, 0.25) is 0 Å².